The monoisotopic (exact) mass is 295 g/mol. The van der Waals surface area contributed by atoms with E-state index in [1.165, 1.54) is 0 Å². The molecule has 5 nitrogen and oxygen atoms in total. The first kappa shape index (κ1) is 14.1. The summed E-state index contributed by atoms with van der Waals surface area (Å²) in [5, 5.41) is 2.70. The topological polar surface area (TPSA) is 54.3 Å². The minimum atomic E-state index is -0.189. The van der Waals surface area contributed by atoms with Gasteiger partial charge < -0.3 is 14.8 Å². The molecule has 2 aromatic rings. The van der Waals surface area contributed by atoms with Crippen LogP contribution in [0.2, 0.25) is 0 Å². The zero-order valence-corrected chi connectivity index (χ0v) is 12.2. The molecule has 1 aromatic heterocycles. The summed E-state index contributed by atoms with van der Waals surface area (Å²) >= 11 is 0. The molecular formula is C17H17N3O2. The molecule has 0 unspecified atom stereocenters. The Bertz CT molecular complexity index is 733. The standard InChI is InChI=1S/C17H17N3O2/c1-2-9-18-16(21)12-19-11-13-6-5-10-20(13)15-8-4-3-7-14(15)17(19)22/h2-8,10H,1,9,11-12H2,(H,18,21). The van der Waals surface area contributed by atoms with Gasteiger partial charge in [0.2, 0.25) is 5.91 Å². The molecule has 1 aliphatic heterocycles. The fraction of sp³-hybridized carbons (Fsp3) is 0.176. The van der Waals surface area contributed by atoms with Crippen molar-refractivity contribution in [3.8, 4) is 5.69 Å². The average molecular weight is 295 g/mol. The number of amides is 2. The highest BCUT2D eigenvalue weighted by molar-refractivity contribution is 6.00. The molecule has 5 heteroatoms. The Kier molecular flexibility index (Phi) is 3.78. The van der Waals surface area contributed by atoms with Gasteiger partial charge in [0.25, 0.3) is 5.91 Å². The predicted octanol–water partition coefficient (Wildman–Crippen LogP) is 1.74. The Morgan fingerprint density at radius 2 is 2.09 bits per heavy atom. The molecule has 3 rings (SSSR count). The molecular weight excluding hydrogens is 278 g/mol. The van der Waals surface area contributed by atoms with Gasteiger partial charge in [-0.25, -0.2) is 0 Å². The summed E-state index contributed by atoms with van der Waals surface area (Å²) in [6, 6.07) is 11.4. The number of nitrogens with one attached hydrogen (secondary N) is 1. The van der Waals surface area contributed by atoms with Crippen LogP contribution in [0, 0.1) is 0 Å². The number of carbonyl (C=O) groups excluding carboxylic acids is 2. The van der Waals surface area contributed by atoms with Crippen LogP contribution in [-0.4, -0.2) is 34.4 Å². The Labute approximate surface area is 128 Å². The van der Waals surface area contributed by atoms with E-state index in [-0.39, 0.29) is 18.4 Å². The van der Waals surface area contributed by atoms with Crippen LogP contribution in [0.3, 0.4) is 0 Å². The molecule has 0 bridgehead atoms. The number of nitrogens with zero attached hydrogens (tertiary/aromatic N) is 2. The molecule has 0 spiro atoms. The first-order valence-electron chi connectivity index (χ1n) is 7.13. The van der Waals surface area contributed by atoms with Gasteiger partial charge in [-0.2, -0.15) is 0 Å². The minimum Gasteiger partial charge on any atom is -0.351 e. The SMILES string of the molecule is C=CCNC(=O)CN1Cc2cccn2-c2ccccc2C1=O. The van der Waals surface area contributed by atoms with Crippen LogP contribution in [0.1, 0.15) is 16.1 Å². The van der Waals surface area contributed by atoms with Crippen LogP contribution in [0.15, 0.2) is 55.3 Å². The largest absolute Gasteiger partial charge is 0.351 e. The number of fused-ring (bicyclic) bond motifs is 3. The van der Waals surface area contributed by atoms with E-state index in [2.05, 4.69) is 11.9 Å². The number of hydrogen-bond acceptors (Lipinski definition) is 2. The van der Waals surface area contributed by atoms with E-state index >= 15 is 0 Å². The number of hydrogen-bond donors (Lipinski definition) is 1. The second-order valence-electron chi connectivity index (χ2n) is 5.14. The lowest BCUT2D eigenvalue weighted by molar-refractivity contribution is -0.121. The van der Waals surface area contributed by atoms with Crippen LogP contribution < -0.4 is 5.32 Å². The average Bonchev–Trinajstić information content (AvgIpc) is 2.96. The van der Waals surface area contributed by atoms with Gasteiger partial charge in [0.05, 0.1) is 17.8 Å². The molecule has 22 heavy (non-hydrogen) atoms. The van der Waals surface area contributed by atoms with E-state index in [0.29, 0.717) is 18.7 Å². The van der Waals surface area contributed by atoms with Crippen molar-refractivity contribution >= 4 is 11.8 Å². The highest BCUT2D eigenvalue weighted by Gasteiger charge is 2.26. The molecule has 1 aromatic carbocycles. The van der Waals surface area contributed by atoms with E-state index in [0.717, 1.165) is 11.4 Å². The van der Waals surface area contributed by atoms with Crippen molar-refractivity contribution in [2.24, 2.45) is 0 Å². The van der Waals surface area contributed by atoms with Gasteiger partial charge in [-0.05, 0) is 24.3 Å². The summed E-state index contributed by atoms with van der Waals surface area (Å²) in [5.74, 6) is -0.321. The fourth-order valence-corrected chi connectivity index (χ4v) is 2.63. The Morgan fingerprint density at radius 1 is 1.27 bits per heavy atom. The van der Waals surface area contributed by atoms with Crippen LogP contribution >= 0.6 is 0 Å². The number of aromatic nitrogens is 1. The highest BCUT2D eigenvalue weighted by Crippen LogP contribution is 2.24. The van der Waals surface area contributed by atoms with Crippen LogP contribution in [0.25, 0.3) is 5.69 Å². The maximum Gasteiger partial charge on any atom is 0.256 e. The van der Waals surface area contributed by atoms with E-state index in [4.69, 9.17) is 0 Å². The summed E-state index contributed by atoms with van der Waals surface area (Å²) in [6.45, 7) is 4.40. The summed E-state index contributed by atoms with van der Waals surface area (Å²) in [4.78, 5) is 26.2. The zero-order valence-electron chi connectivity index (χ0n) is 12.2. The smallest absolute Gasteiger partial charge is 0.256 e. The molecule has 0 saturated carbocycles. The molecule has 0 saturated heterocycles. The Hall–Kier alpha value is -2.82. The molecule has 2 amide bonds. The third-order valence-electron chi connectivity index (χ3n) is 3.65. The minimum absolute atomic E-state index is 0.0339. The molecule has 1 N–H and O–H groups in total. The summed E-state index contributed by atoms with van der Waals surface area (Å²) in [6.07, 6.45) is 3.55. The van der Waals surface area contributed by atoms with Crippen LogP contribution in [0.5, 0.6) is 0 Å². The molecule has 0 fully saturated rings. The van der Waals surface area contributed by atoms with Gasteiger partial charge >= 0.3 is 0 Å². The van der Waals surface area contributed by atoms with Crippen molar-refractivity contribution in [1.82, 2.24) is 14.8 Å². The molecule has 2 heterocycles. The Morgan fingerprint density at radius 3 is 2.91 bits per heavy atom. The number of carbonyl (C=O) groups is 2. The quantitative estimate of drug-likeness (QED) is 0.874. The van der Waals surface area contributed by atoms with E-state index in [9.17, 15) is 9.59 Å². The van der Waals surface area contributed by atoms with Crippen molar-refractivity contribution in [2.75, 3.05) is 13.1 Å². The third-order valence-corrected chi connectivity index (χ3v) is 3.65. The fourth-order valence-electron chi connectivity index (χ4n) is 2.63. The number of benzene rings is 1. The van der Waals surface area contributed by atoms with Crippen molar-refractivity contribution in [3.05, 3.63) is 66.5 Å². The van der Waals surface area contributed by atoms with Crippen molar-refractivity contribution in [1.29, 1.82) is 0 Å². The first-order valence-corrected chi connectivity index (χ1v) is 7.13. The molecule has 0 atom stereocenters. The normalized spacial score (nSPS) is 13.1. The van der Waals surface area contributed by atoms with E-state index in [1.807, 2.05) is 41.1 Å². The second-order valence-corrected chi connectivity index (χ2v) is 5.14. The maximum absolute atomic E-state index is 12.7. The van der Waals surface area contributed by atoms with Crippen LogP contribution in [0.4, 0.5) is 0 Å². The first-order chi connectivity index (χ1) is 10.7. The summed E-state index contributed by atoms with van der Waals surface area (Å²) in [7, 11) is 0. The van der Waals surface area contributed by atoms with Gasteiger partial charge in [0.1, 0.15) is 6.54 Å². The van der Waals surface area contributed by atoms with Gasteiger partial charge in [-0.3, -0.25) is 9.59 Å². The maximum atomic E-state index is 12.7. The van der Waals surface area contributed by atoms with Crippen molar-refractivity contribution < 1.29 is 9.59 Å². The van der Waals surface area contributed by atoms with Gasteiger partial charge in [0.15, 0.2) is 0 Å². The van der Waals surface area contributed by atoms with Crippen molar-refractivity contribution in [2.45, 2.75) is 6.54 Å². The van der Waals surface area contributed by atoms with E-state index in [1.54, 1.807) is 17.0 Å². The number of rotatable bonds is 4. The lowest BCUT2D eigenvalue weighted by atomic mass is 10.1. The van der Waals surface area contributed by atoms with Gasteiger partial charge in [-0.1, -0.05) is 18.2 Å². The highest BCUT2D eigenvalue weighted by atomic mass is 16.2. The summed E-state index contributed by atoms with van der Waals surface area (Å²) in [5.41, 5.74) is 2.44. The Balaban J connectivity index is 1.94. The lowest BCUT2D eigenvalue weighted by Gasteiger charge is -2.20. The molecule has 1 aliphatic rings. The molecule has 112 valence electrons. The van der Waals surface area contributed by atoms with Gasteiger partial charge in [-0.15, -0.1) is 6.58 Å². The molecule has 0 aliphatic carbocycles. The number of para-hydroxylation sites is 1. The van der Waals surface area contributed by atoms with Crippen LogP contribution in [-0.2, 0) is 11.3 Å². The molecule has 0 radical (unpaired) electrons. The second kappa shape index (κ2) is 5.89. The lowest BCUT2D eigenvalue weighted by Crippen LogP contribution is -2.40. The van der Waals surface area contributed by atoms with Crippen molar-refractivity contribution in [3.63, 3.8) is 0 Å². The summed E-state index contributed by atoms with van der Waals surface area (Å²) < 4.78 is 1.99. The van der Waals surface area contributed by atoms with E-state index < -0.39 is 0 Å². The zero-order chi connectivity index (χ0) is 15.5. The van der Waals surface area contributed by atoms with Gasteiger partial charge in [0, 0.05) is 18.4 Å². The third kappa shape index (κ3) is 2.53. The predicted molar refractivity (Wildman–Crippen MR) is 83.7 cm³/mol.